The standard InChI is InChI=1S/C15H24/c1-11(2)13-8-10-15(4)9-7-12(3)5-6-14(13)15/h7,13-14H,1,5-6,8-10H2,2-4H3/t13-,14+,15+/m0/s1. The quantitative estimate of drug-likeness (QED) is 0.542. The van der Waals surface area contributed by atoms with Gasteiger partial charge >= 0.3 is 0 Å². The summed E-state index contributed by atoms with van der Waals surface area (Å²) in [5, 5.41) is 0. The predicted molar refractivity (Wildman–Crippen MR) is 66.7 cm³/mol. The lowest BCUT2D eigenvalue weighted by atomic mass is 9.72. The summed E-state index contributed by atoms with van der Waals surface area (Å²) in [6.07, 6.45) is 9.26. The zero-order valence-electron chi connectivity index (χ0n) is 10.5. The topological polar surface area (TPSA) is 0 Å². The van der Waals surface area contributed by atoms with Crippen molar-refractivity contribution in [1.29, 1.82) is 0 Å². The van der Waals surface area contributed by atoms with Crippen LogP contribution in [0.1, 0.15) is 52.9 Å². The maximum atomic E-state index is 4.19. The molecule has 0 nitrogen and oxygen atoms in total. The number of rotatable bonds is 1. The minimum atomic E-state index is 0.571. The van der Waals surface area contributed by atoms with Crippen molar-refractivity contribution in [3.8, 4) is 0 Å². The highest BCUT2D eigenvalue weighted by atomic mass is 14.5. The summed E-state index contributed by atoms with van der Waals surface area (Å²) in [7, 11) is 0. The first-order valence-corrected chi connectivity index (χ1v) is 6.34. The average molecular weight is 204 g/mol. The highest BCUT2D eigenvalue weighted by Crippen LogP contribution is 2.54. The van der Waals surface area contributed by atoms with Gasteiger partial charge in [-0.1, -0.05) is 30.7 Å². The first-order chi connectivity index (χ1) is 7.03. The fraction of sp³-hybridized carbons (Fsp3) is 0.733. The fourth-order valence-electron chi connectivity index (χ4n) is 3.64. The van der Waals surface area contributed by atoms with E-state index in [1.807, 2.05) is 0 Å². The average Bonchev–Trinajstić information content (AvgIpc) is 2.43. The van der Waals surface area contributed by atoms with Gasteiger partial charge in [0.25, 0.3) is 0 Å². The van der Waals surface area contributed by atoms with E-state index in [-0.39, 0.29) is 0 Å². The summed E-state index contributed by atoms with van der Waals surface area (Å²) in [4.78, 5) is 0. The van der Waals surface area contributed by atoms with Crippen molar-refractivity contribution in [2.75, 3.05) is 0 Å². The monoisotopic (exact) mass is 204 g/mol. The Morgan fingerprint density at radius 1 is 1.47 bits per heavy atom. The van der Waals surface area contributed by atoms with Crippen molar-refractivity contribution in [3.05, 3.63) is 23.8 Å². The van der Waals surface area contributed by atoms with Crippen LogP contribution in [0.3, 0.4) is 0 Å². The largest absolute Gasteiger partial charge is 0.0999 e. The third kappa shape index (κ3) is 1.91. The molecule has 3 atom stereocenters. The molecule has 84 valence electrons. The van der Waals surface area contributed by atoms with Gasteiger partial charge in [-0.2, -0.15) is 0 Å². The third-order valence-electron chi connectivity index (χ3n) is 4.81. The molecule has 0 bridgehead atoms. The summed E-state index contributed by atoms with van der Waals surface area (Å²) in [5.41, 5.74) is 3.59. The van der Waals surface area contributed by atoms with E-state index < -0.39 is 0 Å². The summed E-state index contributed by atoms with van der Waals surface area (Å²) in [6, 6.07) is 0. The summed E-state index contributed by atoms with van der Waals surface area (Å²) >= 11 is 0. The Morgan fingerprint density at radius 2 is 2.20 bits per heavy atom. The molecule has 0 spiro atoms. The lowest BCUT2D eigenvalue weighted by Crippen LogP contribution is -2.24. The molecule has 15 heavy (non-hydrogen) atoms. The second-order valence-electron chi connectivity index (χ2n) is 6.05. The molecule has 0 radical (unpaired) electrons. The van der Waals surface area contributed by atoms with Crippen LogP contribution < -0.4 is 0 Å². The van der Waals surface area contributed by atoms with E-state index in [1.165, 1.54) is 37.7 Å². The Balaban J connectivity index is 2.22. The van der Waals surface area contributed by atoms with Gasteiger partial charge in [-0.3, -0.25) is 0 Å². The zero-order chi connectivity index (χ0) is 11.1. The molecule has 2 rings (SSSR count). The van der Waals surface area contributed by atoms with Crippen molar-refractivity contribution in [2.24, 2.45) is 17.3 Å². The Morgan fingerprint density at radius 3 is 2.87 bits per heavy atom. The summed E-state index contributed by atoms with van der Waals surface area (Å²) in [5.74, 6) is 1.69. The SMILES string of the molecule is C=C(C)[C@@H]1CC[C@@]2(C)CC=C(C)CC[C@H]12. The minimum Gasteiger partial charge on any atom is -0.0999 e. The van der Waals surface area contributed by atoms with Gasteiger partial charge in [-0.05, 0) is 63.2 Å². The highest BCUT2D eigenvalue weighted by Gasteiger charge is 2.44. The molecule has 2 aliphatic carbocycles. The maximum absolute atomic E-state index is 4.19. The van der Waals surface area contributed by atoms with Crippen molar-refractivity contribution in [2.45, 2.75) is 52.9 Å². The molecule has 0 aromatic carbocycles. The molecule has 0 saturated heterocycles. The molecule has 0 aromatic heterocycles. The minimum absolute atomic E-state index is 0.571. The molecular formula is C15H24. The van der Waals surface area contributed by atoms with Gasteiger partial charge < -0.3 is 0 Å². The van der Waals surface area contributed by atoms with Gasteiger partial charge in [-0.25, -0.2) is 0 Å². The molecule has 0 unspecified atom stereocenters. The highest BCUT2D eigenvalue weighted by molar-refractivity contribution is 5.13. The smallest absolute Gasteiger partial charge is 0.0175 e. The normalized spacial score (nSPS) is 40.6. The molecule has 0 aliphatic heterocycles. The zero-order valence-corrected chi connectivity index (χ0v) is 10.5. The summed E-state index contributed by atoms with van der Waals surface area (Å²) in [6.45, 7) is 11.2. The van der Waals surface area contributed by atoms with Crippen LogP contribution in [0.2, 0.25) is 0 Å². The van der Waals surface area contributed by atoms with Crippen LogP contribution in [0.4, 0.5) is 0 Å². The Hall–Kier alpha value is -0.520. The van der Waals surface area contributed by atoms with Crippen molar-refractivity contribution < 1.29 is 0 Å². The Labute approximate surface area is 94.5 Å². The Bertz CT molecular complexity index is 297. The van der Waals surface area contributed by atoms with Crippen LogP contribution in [-0.2, 0) is 0 Å². The van der Waals surface area contributed by atoms with Crippen molar-refractivity contribution in [3.63, 3.8) is 0 Å². The molecule has 0 amide bonds. The number of hydrogen-bond acceptors (Lipinski definition) is 0. The van der Waals surface area contributed by atoms with E-state index in [0.29, 0.717) is 5.41 Å². The number of fused-ring (bicyclic) bond motifs is 1. The van der Waals surface area contributed by atoms with Crippen LogP contribution in [0.25, 0.3) is 0 Å². The lowest BCUT2D eigenvalue weighted by Gasteiger charge is -2.32. The molecule has 0 aromatic rings. The van der Waals surface area contributed by atoms with Gasteiger partial charge in [0.05, 0.1) is 0 Å². The molecule has 0 heteroatoms. The van der Waals surface area contributed by atoms with E-state index in [2.05, 4.69) is 33.4 Å². The molecular weight excluding hydrogens is 180 g/mol. The third-order valence-corrected chi connectivity index (χ3v) is 4.81. The van der Waals surface area contributed by atoms with Gasteiger partial charge in [0, 0.05) is 0 Å². The van der Waals surface area contributed by atoms with Crippen LogP contribution in [-0.4, -0.2) is 0 Å². The first kappa shape index (κ1) is 11.0. The van der Waals surface area contributed by atoms with Crippen LogP contribution >= 0.6 is 0 Å². The first-order valence-electron chi connectivity index (χ1n) is 6.34. The van der Waals surface area contributed by atoms with E-state index in [0.717, 1.165) is 11.8 Å². The lowest BCUT2D eigenvalue weighted by molar-refractivity contribution is 0.201. The van der Waals surface area contributed by atoms with Crippen LogP contribution in [0, 0.1) is 17.3 Å². The molecule has 2 aliphatic rings. The van der Waals surface area contributed by atoms with E-state index in [1.54, 1.807) is 5.57 Å². The van der Waals surface area contributed by atoms with E-state index >= 15 is 0 Å². The molecule has 0 N–H and O–H groups in total. The van der Waals surface area contributed by atoms with Gasteiger partial charge in [-0.15, -0.1) is 0 Å². The second kappa shape index (κ2) is 3.81. The fourth-order valence-corrected chi connectivity index (χ4v) is 3.64. The molecule has 0 heterocycles. The van der Waals surface area contributed by atoms with E-state index in [4.69, 9.17) is 0 Å². The van der Waals surface area contributed by atoms with E-state index in [9.17, 15) is 0 Å². The van der Waals surface area contributed by atoms with Crippen molar-refractivity contribution >= 4 is 0 Å². The maximum Gasteiger partial charge on any atom is -0.0175 e. The number of allylic oxidation sites excluding steroid dienone is 3. The van der Waals surface area contributed by atoms with Crippen LogP contribution in [0.5, 0.6) is 0 Å². The molecule has 1 saturated carbocycles. The molecule has 1 fully saturated rings. The van der Waals surface area contributed by atoms with Gasteiger partial charge in [0.2, 0.25) is 0 Å². The van der Waals surface area contributed by atoms with Gasteiger partial charge in [0.1, 0.15) is 0 Å². The number of hydrogen-bond donors (Lipinski definition) is 0. The van der Waals surface area contributed by atoms with Gasteiger partial charge in [0.15, 0.2) is 0 Å². The van der Waals surface area contributed by atoms with Crippen molar-refractivity contribution in [1.82, 2.24) is 0 Å². The predicted octanol–water partition coefficient (Wildman–Crippen LogP) is 4.73. The summed E-state index contributed by atoms with van der Waals surface area (Å²) < 4.78 is 0. The second-order valence-corrected chi connectivity index (χ2v) is 6.05. The Kier molecular flexibility index (Phi) is 2.79. The van der Waals surface area contributed by atoms with Crippen LogP contribution in [0.15, 0.2) is 23.8 Å².